The van der Waals surface area contributed by atoms with Crippen molar-refractivity contribution in [2.24, 2.45) is 4.40 Å². The van der Waals surface area contributed by atoms with Crippen molar-refractivity contribution >= 4 is 50.3 Å². The molecule has 2 heterocycles. The van der Waals surface area contributed by atoms with Crippen molar-refractivity contribution in [3.05, 3.63) is 58.8 Å². The molecule has 1 fully saturated rings. The van der Waals surface area contributed by atoms with Gasteiger partial charge in [-0.05, 0) is 53.4 Å². The number of carbonyl (C=O) groups excluding carboxylic acids is 1. The molecule has 2 aromatic rings. The van der Waals surface area contributed by atoms with Crippen LogP contribution in [0.2, 0.25) is 0 Å². The Hall–Kier alpha value is -2.56. The van der Waals surface area contributed by atoms with Crippen LogP contribution in [0.5, 0.6) is 11.5 Å². The lowest BCUT2D eigenvalue weighted by Crippen LogP contribution is -2.29. The van der Waals surface area contributed by atoms with Gasteiger partial charge in [0.25, 0.3) is 15.9 Å². The third-order valence-electron chi connectivity index (χ3n) is 4.64. The summed E-state index contributed by atoms with van der Waals surface area (Å²) in [5, 5.41) is 1.77. The molecule has 1 aliphatic heterocycles. The minimum absolute atomic E-state index is 0.101. The van der Waals surface area contributed by atoms with E-state index in [-0.39, 0.29) is 21.8 Å². The first-order valence-corrected chi connectivity index (χ1v) is 13.5. The molecule has 3 rings (SSSR count). The van der Waals surface area contributed by atoms with E-state index in [1.807, 2.05) is 6.07 Å². The highest BCUT2D eigenvalue weighted by molar-refractivity contribution is 8.19. The summed E-state index contributed by atoms with van der Waals surface area (Å²) in [6.07, 6.45) is 6.34. The number of methoxy groups -OCH3 is 1. The molecule has 176 valence electrons. The number of thioether (sulfide) groups is 1. The van der Waals surface area contributed by atoms with Gasteiger partial charge in [-0.25, -0.2) is 0 Å². The number of amidine groups is 1. The Bertz CT molecular complexity index is 1150. The Labute approximate surface area is 202 Å². The smallest absolute Gasteiger partial charge is 0.294 e. The monoisotopic (exact) mass is 506 g/mol. The number of hydrogen-bond acceptors (Lipinski definition) is 7. The normalized spacial score (nSPS) is 16.5. The molecule has 0 atom stereocenters. The Morgan fingerprint density at radius 1 is 1.21 bits per heavy atom. The minimum Gasteiger partial charge on any atom is -0.493 e. The van der Waals surface area contributed by atoms with Gasteiger partial charge in [-0.15, -0.1) is 22.3 Å². The number of hydrogen-bond donors (Lipinski definition) is 0. The molecule has 0 saturated carbocycles. The van der Waals surface area contributed by atoms with Gasteiger partial charge in [-0.3, -0.25) is 9.69 Å². The van der Waals surface area contributed by atoms with E-state index in [0.717, 1.165) is 47.9 Å². The van der Waals surface area contributed by atoms with E-state index in [4.69, 9.17) is 9.47 Å². The average molecular weight is 507 g/mol. The Morgan fingerprint density at radius 2 is 2.03 bits per heavy atom. The molecule has 33 heavy (non-hydrogen) atoms. The molecule has 1 amide bonds. The maximum absolute atomic E-state index is 13.0. The van der Waals surface area contributed by atoms with Crippen molar-refractivity contribution in [2.75, 3.05) is 20.3 Å². The van der Waals surface area contributed by atoms with Crippen LogP contribution in [0.3, 0.4) is 0 Å². The van der Waals surface area contributed by atoms with Gasteiger partial charge >= 0.3 is 0 Å². The fraction of sp³-hybridized carbons (Fsp3) is 0.304. The molecule has 1 aromatic carbocycles. The molecular formula is C23H26N2O5S3. The van der Waals surface area contributed by atoms with E-state index < -0.39 is 10.0 Å². The molecule has 0 spiro atoms. The van der Waals surface area contributed by atoms with Gasteiger partial charge in [0.2, 0.25) is 0 Å². The number of benzene rings is 1. The summed E-state index contributed by atoms with van der Waals surface area (Å²) in [6.45, 7) is 6.51. The van der Waals surface area contributed by atoms with Crippen LogP contribution in [0.1, 0.15) is 31.7 Å². The first-order chi connectivity index (χ1) is 15.9. The quantitative estimate of drug-likeness (QED) is 0.237. The summed E-state index contributed by atoms with van der Waals surface area (Å²) in [4.78, 5) is 14.7. The third-order valence-corrected chi connectivity index (χ3v) is 8.40. The highest BCUT2D eigenvalue weighted by Crippen LogP contribution is 2.36. The predicted molar refractivity (Wildman–Crippen MR) is 134 cm³/mol. The van der Waals surface area contributed by atoms with E-state index in [0.29, 0.717) is 23.0 Å². The van der Waals surface area contributed by atoms with Gasteiger partial charge in [0, 0.05) is 6.54 Å². The van der Waals surface area contributed by atoms with Crippen LogP contribution < -0.4 is 9.47 Å². The van der Waals surface area contributed by atoms with Crippen LogP contribution in [-0.4, -0.2) is 44.7 Å². The van der Waals surface area contributed by atoms with Crippen LogP contribution in [0.4, 0.5) is 0 Å². The Kier molecular flexibility index (Phi) is 8.76. The van der Waals surface area contributed by atoms with Crippen LogP contribution in [0, 0.1) is 0 Å². The zero-order chi connectivity index (χ0) is 23.8. The van der Waals surface area contributed by atoms with Crippen molar-refractivity contribution in [1.29, 1.82) is 0 Å². The van der Waals surface area contributed by atoms with Crippen molar-refractivity contribution in [3.8, 4) is 11.5 Å². The molecule has 7 nitrogen and oxygen atoms in total. The summed E-state index contributed by atoms with van der Waals surface area (Å²) >= 11 is 2.10. The molecule has 1 aromatic heterocycles. The molecule has 0 unspecified atom stereocenters. The number of carbonyl (C=O) groups is 1. The van der Waals surface area contributed by atoms with Crippen LogP contribution in [0.25, 0.3) is 6.08 Å². The number of sulfonamides is 1. The maximum Gasteiger partial charge on any atom is 0.294 e. The van der Waals surface area contributed by atoms with Crippen molar-refractivity contribution in [3.63, 3.8) is 0 Å². The number of unbranched alkanes of at least 4 members (excludes halogenated alkanes) is 2. The van der Waals surface area contributed by atoms with Gasteiger partial charge < -0.3 is 9.47 Å². The summed E-state index contributed by atoms with van der Waals surface area (Å²) in [6, 6.07) is 8.53. The second kappa shape index (κ2) is 11.5. The molecule has 0 radical (unpaired) electrons. The number of nitrogens with zero attached hydrogens (tertiary/aromatic N) is 2. The summed E-state index contributed by atoms with van der Waals surface area (Å²) in [5.74, 6) is 0.869. The largest absolute Gasteiger partial charge is 0.493 e. The summed E-state index contributed by atoms with van der Waals surface area (Å²) < 4.78 is 40.6. The summed E-state index contributed by atoms with van der Waals surface area (Å²) in [7, 11) is -2.33. The third kappa shape index (κ3) is 6.27. The number of amides is 1. The van der Waals surface area contributed by atoms with E-state index >= 15 is 0 Å². The number of thiophene rings is 1. The average Bonchev–Trinajstić information content (AvgIpc) is 3.43. The van der Waals surface area contributed by atoms with E-state index in [2.05, 4.69) is 17.9 Å². The highest BCUT2D eigenvalue weighted by atomic mass is 32.2. The Morgan fingerprint density at radius 3 is 2.70 bits per heavy atom. The zero-order valence-electron chi connectivity index (χ0n) is 18.5. The van der Waals surface area contributed by atoms with Gasteiger partial charge in [0.15, 0.2) is 16.7 Å². The molecule has 1 aliphatic rings. The van der Waals surface area contributed by atoms with E-state index in [1.54, 1.807) is 36.8 Å². The van der Waals surface area contributed by atoms with Crippen LogP contribution in [-0.2, 0) is 14.8 Å². The number of ether oxygens (including phenoxy) is 2. The molecule has 10 heteroatoms. The molecule has 1 saturated heterocycles. The topological polar surface area (TPSA) is 85.3 Å². The molecule has 0 N–H and O–H groups in total. The van der Waals surface area contributed by atoms with Gasteiger partial charge in [-0.1, -0.05) is 38.0 Å². The van der Waals surface area contributed by atoms with Crippen LogP contribution >= 0.6 is 23.1 Å². The second-order valence-corrected chi connectivity index (χ2v) is 10.8. The van der Waals surface area contributed by atoms with Gasteiger partial charge in [-0.2, -0.15) is 8.42 Å². The van der Waals surface area contributed by atoms with E-state index in [9.17, 15) is 13.2 Å². The summed E-state index contributed by atoms with van der Waals surface area (Å²) in [5.41, 5.74) is 0.734. The fourth-order valence-electron chi connectivity index (χ4n) is 3.01. The first kappa shape index (κ1) is 25.1. The van der Waals surface area contributed by atoms with Gasteiger partial charge in [0.05, 0.1) is 18.6 Å². The van der Waals surface area contributed by atoms with Crippen molar-refractivity contribution in [2.45, 2.75) is 30.4 Å². The first-order valence-electron chi connectivity index (χ1n) is 10.4. The molecule has 0 bridgehead atoms. The fourth-order valence-corrected chi connectivity index (χ4v) is 6.16. The van der Waals surface area contributed by atoms with Gasteiger partial charge in [0.1, 0.15) is 4.21 Å². The lowest BCUT2D eigenvalue weighted by Gasteiger charge is -2.12. The minimum atomic E-state index is -3.91. The lowest BCUT2D eigenvalue weighted by molar-refractivity contribution is -0.121. The second-order valence-electron chi connectivity index (χ2n) is 7.06. The predicted octanol–water partition coefficient (Wildman–Crippen LogP) is 5.17. The molecule has 0 aliphatic carbocycles. The van der Waals surface area contributed by atoms with Crippen LogP contribution in [0.15, 0.2) is 61.9 Å². The maximum atomic E-state index is 13.0. The number of rotatable bonds is 11. The molecular weight excluding hydrogens is 480 g/mol. The SMILES string of the molecule is C=CCN1C(=O)/C(=C/c2ccc(OC)c(OCCCCC)c2)SC1=NS(=O)(=O)c1cccs1. The van der Waals surface area contributed by atoms with E-state index in [1.165, 1.54) is 17.0 Å². The van der Waals surface area contributed by atoms with Crippen molar-refractivity contribution < 1.29 is 22.7 Å². The lowest BCUT2D eigenvalue weighted by atomic mass is 10.2. The zero-order valence-corrected chi connectivity index (χ0v) is 21.0. The highest BCUT2D eigenvalue weighted by Gasteiger charge is 2.34. The standard InChI is InChI=1S/C23H26N2O5S3/c1-4-6-7-13-30-19-15-17(10-11-18(19)29-3)16-20-22(26)25(12-5-2)23(32-20)24-33(27,28)21-9-8-14-31-21/h5,8-11,14-16H,2,4,6-7,12-13H2,1,3H3/b20-16-,24-23?. The Balaban J connectivity index is 1.89. The van der Waals surface area contributed by atoms with Crippen molar-refractivity contribution in [1.82, 2.24) is 4.90 Å².